The van der Waals surface area contributed by atoms with Gasteiger partial charge in [-0.05, 0) is 23.7 Å². The lowest BCUT2D eigenvalue weighted by Crippen LogP contribution is -2.01. The lowest BCUT2D eigenvalue weighted by atomic mass is 10.3. The van der Waals surface area contributed by atoms with Crippen LogP contribution in [0.2, 0.25) is 10.4 Å². The third-order valence-electron chi connectivity index (χ3n) is 2.46. The van der Waals surface area contributed by atoms with E-state index in [1.54, 1.807) is 12.5 Å². The van der Waals surface area contributed by atoms with Gasteiger partial charge in [-0.15, -0.1) is 0 Å². The van der Waals surface area contributed by atoms with Gasteiger partial charge in [-0.25, -0.2) is 9.97 Å². The number of hydrogen-bond donors (Lipinski definition) is 0. The molecule has 0 saturated carbocycles. The molecular formula is C11H7Cl2N5. The molecule has 0 aliphatic carbocycles. The zero-order valence-corrected chi connectivity index (χ0v) is 10.6. The molecule has 90 valence electrons. The molecule has 3 heterocycles. The Kier molecular flexibility index (Phi) is 2.85. The zero-order valence-electron chi connectivity index (χ0n) is 9.09. The molecule has 0 N–H and O–H groups in total. The first-order valence-electron chi connectivity index (χ1n) is 5.18. The fourth-order valence-electron chi connectivity index (χ4n) is 1.70. The van der Waals surface area contributed by atoms with E-state index in [1.165, 1.54) is 0 Å². The normalized spacial score (nSPS) is 11.0. The van der Waals surface area contributed by atoms with Crippen LogP contribution in [0.3, 0.4) is 0 Å². The largest absolute Gasteiger partial charge is 0.321 e. The molecule has 0 aliphatic heterocycles. The van der Waals surface area contributed by atoms with Crippen molar-refractivity contribution in [3.05, 3.63) is 46.9 Å². The molecule has 0 saturated heterocycles. The third kappa shape index (κ3) is 2.02. The van der Waals surface area contributed by atoms with Crippen molar-refractivity contribution in [2.75, 3.05) is 0 Å². The molecule has 3 aromatic rings. The maximum absolute atomic E-state index is 6.06. The fourth-order valence-corrected chi connectivity index (χ4v) is 2.18. The summed E-state index contributed by atoms with van der Waals surface area (Å²) in [6.07, 6.45) is 3.39. The highest BCUT2D eigenvalue weighted by Crippen LogP contribution is 2.21. The molecule has 0 fully saturated rings. The van der Waals surface area contributed by atoms with Gasteiger partial charge in [0.2, 0.25) is 5.28 Å². The van der Waals surface area contributed by atoms with Crippen molar-refractivity contribution in [2.45, 2.75) is 6.54 Å². The van der Waals surface area contributed by atoms with E-state index >= 15 is 0 Å². The Balaban J connectivity index is 2.08. The highest BCUT2D eigenvalue weighted by atomic mass is 35.5. The SMILES string of the molecule is Clc1nc(Cl)c2c(ncn2Cc2ccccn2)n1. The second kappa shape index (κ2) is 4.51. The lowest BCUT2D eigenvalue weighted by molar-refractivity contribution is 0.796. The summed E-state index contributed by atoms with van der Waals surface area (Å²) in [4.78, 5) is 16.3. The van der Waals surface area contributed by atoms with Gasteiger partial charge in [0, 0.05) is 6.20 Å². The van der Waals surface area contributed by atoms with Crippen LogP contribution in [0.1, 0.15) is 5.69 Å². The van der Waals surface area contributed by atoms with Crippen LogP contribution in [0.4, 0.5) is 0 Å². The molecule has 0 aromatic carbocycles. The van der Waals surface area contributed by atoms with Gasteiger partial charge in [-0.2, -0.15) is 4.98 Å². The first-order chi connectivity index (χ1) is 8.74. The van der Waals surface area contributed by atoms with E-state index in [0.717, 1.165) is 5.69 Å². The molecule has 18 heavy (non-hydrogen) atoms. The second-order valence-corrected chi connectivity index (χ2v) is 4.35. The molecule has 0 atom stereocenters. The number of rotatable bonds is 2. The molecule has 3 aromatic heterocycles. The second-order valence-electron chi connectivity index (χ2n) is 3.65. The van der Waals surface area contributed by atoms with E-state index in [4.69, 9.17) is 23.2 Å². The maximum Gasteiger partial charge on any atom is 0.225 e. The summed E-state index contributed by atoms with van der Waals surface area (Å²) in [5.41, 5.74) is 2.05. The Hall–Kier alpha value is -1.72. The van der Waals surface area contributed by atoms with Crippen LogP contribution in [-0.2, 0) is 6.54 Å². The van der Waals surface area contributed by atoms with Crippen LogP contribution >= 0.6 is 23.2 Å². The molecule has 3 rings (SSSR count). The molecule has 0 unspecified atom stereocenters. The van der Waals surface area contributed by atoms with Gasteiger partial charge in [-0.3, -0.25) is 4.98 Å². The Morgan fingerprint density at radius 1 is 1.11 bits per heavy atom. The minimum Gasteiger partial charge on any atom is -0.321 e. The van der Waals surface area contributed by atoms with Gasteiger partial charge in [0.05, 0.1) is 18.6 Å². The first-order valence-corrected chi connectivity index (χ1v) is 5.93. The average Bonchev–Trinajstić information content (AvgIpc) is 2.73. The molecule has 0 bridgehead atoms. The maximum atomic E-state index is 6.06. The third-order valence-corrected chi connectivity index (χ3v) is 2.89. The predicted molar refractivity (Wildman–Crippen MR) is 68.7 cm³/mol. The number of imidazole rings is 1. The van der Waals surface area contributed by atoms with Crippen LogP contribution in [-0.4, -0.2) is 24.5 Å². The van der Waals surface area contributed by atoms with E-state index in [0.29, 0.717) is 22.9 Å². The van der Waals surface area contributed by atoms with E-state index in [-0.39, 0.29) is 5.28 Å². The number of nitrogens with zero attached hydrogens (tertiary/aromatic N) is 5. The first kappa shape index (κ1) is 11.4. The summed E-state index contributed by atoms with van der Waals surface area (Å²) in [6.45, 7) is 0.558. The van der Waals surface area contributed by atoms with Crippen molar-refractivity contribution in [2.24, 2.45) is 0 Å². The number of fused-ring (bicyclic) bond motifs is 1. The van der Waals surface area contributed by atoms with Crippen LogP contribution in [0.15, 0.2) is 30.7 Å². The summed E-state index contributed by atoms with van der Waals surface area (Å²) in [5, 5.41) is 0.383. The van der Waals surface area contributed by atoms with E-state index < -0.39 is 0 Å². The Labute approximate surface area is 112 Å². The van der Waals surface area contributed by atoms with Gasteiger partial charge >= 0.3 is 0 Å². The molecule has 5 nitrogen and oxygen atoms in total. The van der Waals surface area contributed by atoms with Gasteiger partial charge < -0.3 is 4.57 Å². The van der Waals surface area contributed by atoms with Crippen LogP contribution in [0, 0.1) is 0 Å². The summed E-state index contributed by atoms with van der Waals surface area (Å²) in [6, 6.07) is 5.72. The summed E-state index contributed by atoms with van der Waals surface area (Å²) < 4.78 is 1.84. The molecule has 7 heteroatoms. The fraction of sp³-hybridized carbons (Fsp3) is 0.0909. The van der Waals surface area contributed by atoms with Crippen molar-refractivity contribution < 1.29 is 0 Å². The number of hydrogen-bond acceptors (Lipinski definition) is 4. The van der Waals surface area contributed by atoms with Crippen molar-refractivity contribution >= 4 is 34.4 Å². The summed E-state index contributed by atoms with van der Waals surface area (Å²) >= 11 is 11.8. The quantitative estimate of drug-likeness (QED) is 0.534. The summed E-state index contributed by atoms with van der Waals surface area (Å²) in [5.74, 6) is 0. The predicted octanol–water partition coefficient (Wildman–Crippen LogP) is 2.58. The van der Waals surface area contributed by atoms with Gasteiger partial charge in [0.15, 0.2) is 10.8 Å². The summed E-state index contributed by atoms with van der Waals surface area (Å²) in [7, 11) is 0. The standard InChI is InChI=1S/C11H7Cl2N5/c12-9-8-10(17-11(13)16-9)15-6-18(8)5-7-3-1-2-4-14-7/h1-4,6H,5H2. The molecule has 0 spiro atoms. The van der Waals surface area contributed by atoms with Crippen LogP contribution in [0.5, 0.6) is 0 Å². The highest BCUT2D eigenvalue weighted by Gasteiger charge is 2.11. The van der Waals surface area contributed by atoms with Crippen LogP contribution < -0.4 is 0 Å². The van der Waals surface area contributed by atoms with Crippen molar-refractivity contribution in [1.29, 1.82) is 0 Å². The van der Waals surface area contributed by atoms with Gasteiger partial charge in [0.1, 0.15) is 5.52 Å². The van der Waals surface area contributed by atoms with Gasteiger partial charge in [-0.1, -0.05) is 17.7 Å². The molecule has 0 aliphatic rings. The van der Waals surface area contributed by atoms with Crippen molar-refractivity contribution in [3.63, 3.8) is 0 Å². The minimum absolute atomic E-state index is 0.0931. The zero-order chi connectivity index (χ0) is 12.5. The lowest BCUT2D eigenvalue weighted by Gasteiger charge is -2.04. The topological polar surface area (TPSA) is 56.5 Å². The number of aromatic nitrogens is 5. The van der Waals surface area contributed by atoms with E-state index in [1.807, 2.05) is 22.8 Å². The Bertz CT molecular complexity index is 695. The number of halogens is 2. The minimum atomic E-state index is 0.0931. The average molecular weight is 280 g/mol. The Morgan fingerprint density at radius 3 is 2.78 bits per heavy atom. The van der Waals surface area contributed by atoms with Crippen LogP contribution in [0.25, 0.3) is 11.2 Å². The van der Waals surface area contributed by atoms with E-state index in [2.05, 4.69) is 19.9 Å². The molecular weight excluding hydrogens is 273 g/mol. The molecule has 0 radical (unpaired) electrons. The smallest absolute Gasteiger partial charge is 0.225 e. The van der Waals surface area contributed by atoms with E-state index in [9.17, 15) is 0 Å². The van der Waals surface area contributed by atoms with Gasteiger partial charge in [0.25, 0.3) is 0 Å². The Morgan fingerprint density at radius 2 is 2.00 bits per heavy atom. The monoisotopic (exact) mass is 279 g/mol. The van der Waals surface area contributed by atoms with Crippen molar-refractivity contribution in [3.8, 4) is 0 Å². The molecule has 0 amide bonds. The highest BCUT2D eigenvalue weighted by molar-refractivity contribution is 6.35. The number of pyridine rings is 1. The van der Waals surface area contributed by atoms with Crippen molar-refractivity contribution in [1.82, 2.24) is 24.5 Å².